The predicted octanol–water partition coefficient (Wildman–Crippen LogP) is 4.29. The Balaban J connectivity index is 1.36. The Bertz CT molecular complexity index is 1590. The van der Waals surface area contributed by atoms with Crippen LogP contribution in [0.15, 0.2) is 55.4 Å². The monoisotopic (exact) mass is 494 g/mol. The number of aromatic nitrogens is 7. The number of pyridine rings is 3. The van der Waals surface area contributed by atoms with E-state index < -0.39 is 0 Å². The van der Waals surface area contributed by atoms with E-state index in [1.54, 1.807) is 12.4 Å². The van der Waals surface area contributed by atoms with Crippen LogP contribution < -0.4 is 10.2 Å². The normalized spacial score (nSPS) is 14.6. The molecule has 5 aromatic heterocycles. The summed E-state index contributed by atoms with van der Waals surface area (Å²) in [5.41, 5.74) is 7.97. The van der Waals surface area contributed by atoms with Gasteiger partial charge in [-0.1, -0.05) is 20.4 Å². The van der Waals surface area contributed by atoms with E-state index in [2.05, 4.69) is 72.7 Å². The van der Waals surface area contributed by atoms with Gasteiger partial charge in [-0.15, -0.1) is 0 Å². The standard InChI is InChI=1S/C27H30N10/c1-16(2)17(3)31-19-9-18(11-28-12-19)21-10-20-22(14-30-21)34-35-25(20)27-32-23-13-29-15-24(26(23)33-27)37-7-5-36(4)6-8-37/h9-16,31H,3,5-8H2,1-2,4H3,(H,32,33)(H,34,35). The highest BCUT2D eigenvalue weighted by atomic mass is 15.3. The number of likely N-dealkylation sites (N-methyl/N-ethyl adjacent to an activating group) is 1. The smallest absolute Gasteiger partial charge is 0.159 e. The lowest BCUT2D eigenvalue weighted by atomic mass is 10.1. The van der Waals surface area contributed by atoms with Crippen LogP contribution in [0.4, 0.5) is 11.4 Å². The molecule has 0 bridgehead atoms. The van der Waals surface area contributed by atoms with Crippen molar-refractivity contribution in [3.8, 4) is 22.8 Å². The number of nitrogens with zero attached hydrogens (tertiary/aromatic N) is 7. The summed E-state index contributed by atoms with van der Waals surface area (Å²) < 4.78 is 0. The lowest BCUT2D eigenvalue weighted by Crippen LogP contribution is -2.44. The first-order chi connectivity index (χ1) is 18.0. The number of piperazine rings is 1. The van der Waals surface area contributed by atoms with Gasteiger partial charge in [0.25, 0.3) is 0 Å². The van der Waals surface area contributed by atoms with Crippen LogP contribution in [0.5, 0.6) is 0 Å². The highest BCUT2D eigenvalue weighted by Crippen LogP contribution is 2.32. The van der Waals surface area contributed by atoms with E-state index in [4.69, 9.17) is 4.98 Å². The summed E-state index contributed by atoms with van der Waals surface area (Å²) in [6.45, 7) is 12.2. The van der Waals surface area contributed by atoms with Crippen LogP contribution in [0.3, 0.4) is 0 Å². The first-order valence-electron chi connectivity index (χ1n) is 12.5. The van der Waals surface area contributed by atoms with Crippen molar-refractivity contribution in [1.82, 2.24) is 40.0 Å². The summed E-state index contributed by atoms with van der Waals surface area (Å²) in [4.78, 5) is 26.6. The number of allylic oxidation sites excluding steroid dienone is 1. The Morgan fingerprint density at radius 1 is 1.00 bits per heavy atom. The van der Waals surface area contributed by atoms with Crippen LogP contribution in [-0.4, -0.2) is 73.2 Å². The molecule has 10 heteroatoms. The Labute approximate surface area is 214 Å². The van der Waals surface area contributed by atoms with Crippen molar-refractivity contribution in [2.75, 3.05) is 43.4 Å². The van der Waals surface area contributed by atoms with E-state index in [0.717, 1.165) is 82.1 Å². The third-order valence-electron chi connectivity index (χ3n) is 6.93. The number of H-pyrrole nitrogens is 2. The first-order valence-corrected chi connectivity index (χ1v) is 12.5. The van der Waals surface area contributed by atoms with Gasteiger partial charge in [0, 0.05) is 49.0 Å². The molecule has 0 aromatic carbocycles. The SMILES string of the molecule is C=C(Nc1cncc(-c2cc3c(-c4nc5c(N6CCN(C)CC6)cncc5[nH]4)n[nH]c3cn2)c1)C(C)C. The Morgan fingerprint density at radius 2 is 1.81 bits per heavy atom. The lowest BCUT2D eigenvalue weighted by molar-refractivity contribution is 0.313. The quantitative estimate of drug-likeness (QED) is 0.320. The fourth-order valence-corrected chi connectivity index (χ4v) is 4.54. The second-order valence-electron chi connectivity index (χ2n) is 9.89. The minimum atomic E-state index is 0.322. The minimum absolute atomic E-state index is 0.322. The summed E-state index contributed by atoms with van der Waals surface area (Å²) in [6.07, 6.45) is 9.13. The molecule has 0 aliphatic carbocycles. The van der Waals surface area contributed by atoms with Crippen molar-refractivity contribution in [2.24, 2.45) is 5.92 Å². The van der Waals surface area contributed by atoms with Crippen LogP contribution in [-0.2, 0) is 0 Å². The van der Waals surface area contributed by atoms with E-state index in [-0.39, 0.29) is 0 Å². The van der Waals surface area contributed by atoms with Gasteiger partial charge in [-0.25, -0.2) is 4.98 Å². The summed E-state index contributed by atoms with van der Waals surface area (Å²) in [5.74, 6) is 1.02. The van der Waals surface area contributed by atoms with Gasteiger partial charge in [-0.2, -0.15) is 5.10 Å². The third kappa shape index (κ3) is 4.40. The maximum atomic E-state index is 4.98. The zero-order valence-corrected chi connectivity index (χ0v) is 21.3. The van der Waals surface area contributed by atoms with Crippen LogP contribution in [0.25, 0.3) is 44.7 Å². The summed E-state index contributed by atoms with van der Waals surface area (Å²) in [5, 5.41) is 12.0. The topological polar surface area (TPSA) is 115 Å². The minimum Gasteiger partial charge on any atom is -0.366 e. The van der Waals surface area contributed by atoms with E-state index in [9.17, 15) is 0 Å². The zero-order valence-electron chi connectivity index (χ0n) is 21.3. The molecule has 0 amide bonds. The number of rotatable bonds is 6. The Hall–Kier alpha value is -4.31. The molecule has 0 radical (unpaired) electrons. The fraction of sp³-hybridized carbons (Fsp3) is 0.296. The number of anilines is 2. The van der Waals surface area contributed by atoms with Gasteiger partial charge in [-0.3, -0.25) is 20.1 Å². The largest absolute Gasteiger partial charge is 0.366 e. The van der Waals surface area contributed by atoms with Crippen molar-refractivity contribution in [1.29, 1.82) is 0 Å². The molecule has 1 saturated heterocycles. The predicted molar refractivity (Wildman–Crippen MR) is 147 cm³/mol. The number of imidazole rings is 1. The van der Waals surface area contributed by atoms with Gasteiger partial charge in [0.1, 0.15) is 11.2 Å². The zero-order chi connectivity index (χ0) is 25.5. The second kappa shape index (κ2) is 9.29. The summed E-state index contributed by atoms with van der Waals surface area (Å²) >= 11 is 0. The van der Waals surface area contributed by atoms with Gasteiger partial charge in [0.2, 0.25) is 0 Å². The van der Waals surface area contributed by atoms with Gasteiger partial charge < -0.3 is 20.1 Å². The van der Waals surface area contributed by atoms with E-state index in [0.29, 0.717) is 11.7 Å². The molecule has 5 aromatic rings. The summed E-state index contributed by atoms with van der Waals surface area (Å²) in [6, 6.07) is 4.06. The highest BCUT2D eigenvalue weighted by Gasteiger charge is 2.20. The molecule has 188 valence electrons. The number of nitrogens with one attached hydrogen (secondary N) is 3. The Morgan fingerprint density at radius 3 is 2.62 bits per heavy atom. The number of hydrogen-bond donors (Lipinski definition) is 3. The maximum Gasteiger partial charge on any atom is 0.159 e. The van der Waals surface area contributed by atoms with Crippen LogP contribution >= 0.6 is 0 Å². The van der Waals surface area contributed by atoms with Crippen LogP contribution in [0.1, 0.15) is 13.8 Å². The van der Waals surface area contributed by atoms with Gasteiger partial charge in [0.15, 0.2) is 5.82 Å². The van der Waals surface area contributed by atoms with Crippen molar-refractivity contribution in [3.05, 3.63) is 55.4 Å². The van der Waals surface area contributed by atoms with Crippen molar-refractivity contribution in [3.63, 3.8) is 0 Å². The summed E-state index contributed by atoms with van der Waals surface area (Å²) in [7, 11) is 2.15. The van der Waals surface area contributed by atoms with Crippen LogP contribution in [0.2, 0.25) is 0 Å². The molecule has 1 aliphatic rings. The van der Waals surface area contributed by atoms with Crippen LogP contribution in [0, 0.1) is 5.92 Å². The van der Waals surface area contributed by atoms with Gasteiger partial charge in [-0.05, 0) is 25.1 Å². The van der Waals surface area contributed by atoms with Crippen molar-refractivity contribution >= 4 is 33.3 Å². The lowest BCUT2D eigenvalue weighted by Gasteiger charge is -2.33. The number of fused-ring (bicyclic) bond motifs is 2. The molecular weight excluding hydrogens is 464 g/mol. The molecule has 10 nitrogen and oxygen atoms in total. The van der Waals surface area contributed by atoms with Crippen molar-refractivity contribution < 1.29 is 0 Å². The highest BCUT2D eigenvalue weighted by molar-refractivity contribution is 5.96. The fourth-order valence-electron chi connectivity index (χ4n) is 4.54. The average Bonchev–Trinajstić information content (AvgIpc) is 3.53. The molecule has 0 saturated carbocycles. The molecular formula is C27H30N10. The van der Waals surface area contributed by atoms with Crippen molar-refractivity contribution in [2.45, 2.75) is 13.8 Å². The van der Waals surface area contributed by atoms with E-state index in [1.807, 2.05) is 30.7 Å². The average molecular weight is 495 g/mol. The molecule has 0 unspecified atom stereocenters. The number of aromatic amines is 2. The van der Waals surface area contributed by atoms with Gasteiger partial charge >= 0.3 is 0 Å². The molecule has 3 N–H and O–H groups in total. The van der Waals surface area contributed by atoms with E-state index >= 15 is 0 Å². The van der Waals surface area contributed by atoms with Gasteiger partial charge in [0.05, 0.1) is 52.9 Å². The number of hydrogen-bond acceptors (Lipinski definition) is 8. The molecule has 1 aliphatic heterocycles. The molecule has 6 rings (SSSR count). The molecule has 0 atom stereocenters. The molecule has 6 heterocycles. The first kappa shape index (κ1) is 23.1. The third-order valence-corrected chi connectivity index (χ3v) is 6.93. The molecule has 0 spiro atoms. The molecule has 37 heavy (non-hydrogen) atoms. The van der Waals surface area contributed by atoms with E-state index in [1.165, 1.54) is 0 Å². The Kier molecular flexibility index (Phi) is 5.80. The molecule has 1 fully saturated rings. The maximum absolute atomic E-state index is 4.98. The second-order valence-corrected chi connectivity index (χ2v) is 9.89.